The minimum Gasteiger partial charge on any atom is -0.350 e. The van der Waals surface area contributed by atoms with Crippen LogP contribution in [0.25, 0.3) is 10.9 Å². The fraction of sp³-hybridized carbons (Fsp3) is 0.556. The molecule has 108 valence electrons. The van der Waals surface area contributed by atoms with Crippen LogP contribution < -0.4 is 5.32 Å². The zero-order valence-corrected chi connectivity index (χ0v) is 12.6. The van der Waals surface area contributed by atoms with Gasteiger partial charge in [-0.2, -0.15) is 0 Å². The van der Waals surface area contributed by atoms with Crippen LogP contribution in [0.3, 0.4) is 0 Å². The lowest BCUT2D eigenvalue weighted by Crippen LogP contribution is -2.15. The summed E-state index contributed by atoms with van der Waals surface area (Å²) in [5, 5.41) is 5.01. The summed E-state index contributed by atoms with van der Waals surface area (Å²) in [7, 11) is 2.13. The van der Waals surface area contributed by atoms with Gasteiger partial charge >= 0.3 is 0 Å². The maximum atomic E-state index is 3.62. The molecule has 2 nitrogen and oxygen atoms in total. The fourth-order valence-corrected chi connectivity index (χ4v) is 3.60. The van der Waals surface area contributed by atoms with E-state index in [2.05, 4.69) is 47.4 Å². The van der Waals surface area contributed by atoms with E-state index < -0.39 is 0 Å². The minimum atomic E-state index is 0.992. The van der Waals surface area contributed by atoms with E-state index >= 15 is 0 Å². The first-order chi connectivity index (χ1) is 9.84. The number of nitrogens with zero attached hydrogens (tertiary/aromatic N) is 1. The van der Waals surface area contributed by atoms with Crippen LogP contribution >= 0.6 is 0 Å². The molecule has 0 unspecified atom stereocenters. The normalized spacial score (nSPS) is 16.2. The van der Waals surface area contributed by atoms with Crippen LogP contribution in [-0.4, -0.2) is 11.1 Å². The Kier molecular flexibility index (Phi) is 4.41. The topological polar surface area (TPSA) is 17.0 Å². The number of nitrogens with one attached hydrogen (secondary N) is 1. The molecule has 0 atom stereocenters. The summed E-state index contributed by atoms with van der Waals surface area (Å²) in [6.07, 6.45) is 10.9. The zero-order valence-electron chi connectivity index (χ0n) is 12.6. The van der Waals surface area contributed by atoms with Crippen LogP contribution in [0.15, 0.2) is 30.5 Å². The molecule has 0 aliphatic heterocycles. The molecule has 1 saturated carbocycles. The van der Waals surface area contributed by atoms with Crippen LogP contribution in [0.1, 0.15) is 44.1 Å². The molecule has 1 aromatic carbocycles. The fourth-order valence-electron chi connectivity index (χ4n) is 3.60. The van der Waals surface area contributed by atoms with Crippen LogP contribution in [0.4, 0.5) is 0 Å². The Morgan fingerprint density at radius 1 is 1.20 bits per heavy atom. The molecule has 1 N–H and O–H groups in total. The molecular weight excluding hydrogens is 244 g/mol. The smallest absolute Gasteiger partial charge is 0.0481 e. The Labute approximate surface area is 122 Å². The van der Waals surface area contributed by atoms with Crippen molar-refractivity contribution < 1.29 is 0 Å². The number of hydrogen-bond donors (Lipinski definition) is 1. The third-order valence-corrected chi connectivity index (χ3v) is 4.74. The van der Waals surface area contributed by atoms with Crippen LogP contribution in [0, 0.1) is 5.92 Å². The van der Waals surface area contributed by atoms with Gasteiger partial charge in [-0.3, -0.25) is 0 Å². The first-order valence-electron chi connectivity index (χ1n) is 8.08. The van der Waals surface area contributed by atoms with E-state index in [1.165, 1.54) is 55.0 Å². The first kappa shape index (κ1) is 13.7. The van der Waals surface area contributed by atoms with Gasteiger partial charge in [-0.25, -0.2) is 0 Å². The second kappa shape index (κ2) is 6.45. The van der Waals surface area contributed by atoms with Crippen LogP contribution in [0.2, 0.25) is 0 Å². The lowest BCUT2D eigenvalue weighted by Gasteiger charge is -2.09. The molecule has 3 rings (SSSR count). The van der Waals surface area contributed by atoms with E-state index in [0.717, 1.165) is 19.0 Å². The highest BCUT2D eigenvalue weighted by Crippen LogP contribution is 2.28. The second-order valence-corrected chi connectivity index (χ2v) is 6.25. The highest BCUT2D eigenvalue weighted by Gasteiger charge is 2.13. The van der Waals surface area contributed by atoms with E-state index in [-0.39, 0.29) is 0 Å². The average Bonchev–Trinajstić information content (AvgIpc) is 3.08. The van der Waals surface area contributed by atoms with Crippen LogP contribution in [0.5, 0.6) is 0 Å². The highest BCUT2D eigenvalue weighted by molar-refractivity contribution is 5.83. The van der Waals surface area contributed by atoms with Gasteiger partial charge in [0, 0.05) is 30.7 Å². The maximum absolute atomic E-state index is 3.62. The molecule has 1 aliphatic carbocycles. The number of rotatable bonds is 6. The monoisotopic (exact) mass is 270 g/mol. The Bertz CT molecular complexity index is 550. The average molecular weight is 270 g/mol. The Morgan fingerprint density at radius 2 is 2.00 bits per heavy atom. The number of fused-ring (bicyclic) bond motifs is 1. The Hall–Kier alpha value is -1.28. The largest absolute Gasteiger partial charge is 0.350 e. The predicted molar refractivity (Wildman–Crippen MR) is 85.8 cm³/mol. The Morgan fingerprint density at radius 3 is 2.85 bits per heavy atom. The summed E-state index contributed by atoms with van der Waals surface area (Å²) < 4.78 is 2.23. The molecule has 0 amide bonds. The van der Waals surface area contributed by atoms with Crippen molar-refractivity contribution in [3.8, 4) is 0 Å². The van der Waals surface area contributed by atoms with Gasteiger partial charge in [0.1, 0.15) is 0 Å². The van der Waals surface area contributed by atoms with Crippen molar-refractivity contribution in [3.05, 3.63) is 36.0 Å². The van der Waals surface area contributed by atoms with Gasteiger partial charge in [-0.1, -0.05) is 43.9 Å². The van der Waals surface area contributed by atoms with E-state index in [4.69, 9.17) is 0 Å². The summed E-state index contributed by atoms with van der Waals surface area (Å²) in [5.41, 5.74) is 2.75. The molecule has 1 fully saturated rings. The van der Waals surface area contributed by atoms with Crippen molar-refractivity contribution in [2.45, 2.75) is 45.1 Å². The molecule has 0 bridgehead atoms. The number of hydrogen-bond acceptors (Lipinski definition) is 1. The van der Waals surface area contributed by atoms with E-state index in [1.54, 1.807) is 0 Å². The molecule has 2 heteroatoms. The predicted octanol–water partition coefficient (Wildman–Crippen LogP) is 4.24. The van der Waals surface area contributed by atoms with Gasteiger partial charge in [-0.05, 0) is 36.9 Å². The van der Waals surface area contributed by atoms with E-state index in [1.807, 2.05) is 0 Å². The third-order valence-electron chi connectivity index (χ3n) is 4.74. The van der Waals surface area contributed by atoms with E-state index in [9.17, 15) is 0 Å². The van der Waals surface area contributed by atoms with Crippen molar-refractivity contribution in [3.63, 3.8) is 0 Å². The van der Waals surface area contributed by atoms with Gasteiger partial charge < -0.3 is 9.88 Å². The Balaban J connectivity index is 1.47. The third kappa shape index (κ3) is 3.06. The number of benzene rings is 1. The number of aryl methyl sites for hydroxylation is 1. The van der Waals surface area contributed by atoms with Crippen molar-refractivity contribution in [2.75, 3.05) is 6.54 Å². The molecule has 20 heavy (non-hydrogen) atoms. The molecule has 0 saturated heterocycles. The molecule has 1 aliphatic rings. The summed E-state index contributed by atoms with van der Waals surface area (Å²) in [5.74, 6) is 1.02. The van der Waals surface area contributed by atoms with Gasteiger partial charge in [0.2, 0.25) is 0 Å². The molecule has 1 heterocycles. The molecule has 2 aromatic rings. The minimum absolute atomic E-state index is 0.992. The van der Waals surface area contributed by atoms with Gasteiger partial charge in [0.25, 0.3) is 0 Å². The first-order valence-corrected chi connectivity index (χ1v) is 8.08. The molecule has 0 spiro atoms. The maximum Gasteiger partial charge on any atom is 0.0481 e. The quantitative estimate of drug-likeness (QED) is 0.777. The highest BCUT2D eigenvalue weighted by atomic mass is 14.9. The SMILES string of the molecule is Cn1cc(CNCCCC2CCCC2)c2ccccc21. The zero-order chi connectivity index (χ0) is 13.8. The summed E-state index contributed by atoms with van der Waals surface area (Å²) >= 11 is 0. The number of para-hydroxylation sites is 1. The van der Waals surface area contributed by atoms with Gasteiger partial charge in [0.05, 0.1) is 0 Å². The van der Waals surface area contributed by atoms with Crippen molar-refractivity contribution in [1.82, 2.24) is 9.88 Å². The van der Waals surface area contributed by atoms with Gasteiger partial charge in [-0.15, -0.1) is 0 Å². The summed E-state index contributed by atoms with van der Waals surface area (Å²) in [6, 6.07) is 8.66. The van der Waals surface area contributed by atoms with Crippen molar-refractivity contribution in [2.24, 2.45) is 13.0 Å². The summed E-state index contributed by atoms with van der Waals surface area (Å²) in [4.78, 5) is 0. The van der Waals surface area contributed by atoms with Gasteiger partial charge in [0.15, 0.2) is 0 Å². The lowest BCUT2D eigenvalue weighted by molar-refractivity contribution is 0.470. The van der Waals surface area contributed by atoms with E-state index in [0.29, 0.717) is 0 Å². The van der Waals surface area contributed by atoms with Crippen molar-refractivity contribution in [1.29, 1.82) is 0 Å². The molecule has 1 aromatic heterocycles. The summed E-state index contributed by atoms with van der Waals surface area (Å²) in [6.45, 7) is 2.14. The second-order valence-electron chi connectivity index (χ2n) is 6.25. The standard InChI is InChI=1S/C18H26N2/c1-20-14-16(17-10-4-5-11-18(17)20)13-19-12-6-9-15-7-2-3-8-15/h4-5,10-11,14-15,19H,2-3,6-9,12-13H2,1H3. The number of aromatic nitrogens is 1. The molecular formula is C18H26N2. The van der Waals surface area contributed by atoms with Crippen molar-refractivity contribution >= 4 is 10.9 Å². The lowest BCUT2D eigenvalue weighted by atomic mass is 10.0. The molecule has 0 radical (unpaired) electrons. The van der Waals surface area contributed by atoms with Crippen LogP contribution in [-0.2, 0) is 13.6 Å².